The van der Waals surface area contributed by atoms with Crippen molar-refractivity contribution in [3.63, 3.8) is 0 Å². The van der Waals surface area contributed by atoms with Crippen LogP contribution in [0.5, 0.6) is 0 Å². The topological polar surface area (TPSA) is 57.5 Å². The number of carboxylic acid groups (broad SMARTS) is 1. The third-order valence-corrected chi connectivity index (χ3v) is 4.99. The van der Waals surface area contributed by atoms with Crippen LogP contribution in [-0.2, 0) is 4.79 Å². The summed E-state index contributed by atoms with van der Waals surface area (Å²) in [6.45, 7) is 13.1. The largest absolute Gasteiger partial charge is 0.481 e. The molecule has 0 saturated heterocycles. The Balaban J connectivity index is 2.89. The first-order chi connectivity index (χ1) is 8.93. The number of hydrogen-bond acceptors (Lipinski definition) is 2. The van der Waals surface area contributed by atoms with E-state index in [1.54, 1.807) is 0 Å². The molecule has 1 aliphatic carbocycles. The van der Waals surface area contributed by atoms with E-state index in [1.165, 1.54) is 0 Å². The lowest BCUT2D eigenvalue weighted by atomic mass is 9.58. The van der Waals surface area contributed by atoms with Crippen LogP contribution in [-0.4, -0.2) is 22.3 Å². The summed E-state index contributed by atoms with van der Waals surface area (Å²) in [4.78, 5) is 10.8. The van der Waals surface area contributed by atoms with Crippen molar-refractivity contribution in [1.29, 1.82) is 0 Å². The molecular weight excluding hydrogens is 252 g/mol. The Labute approximate surface area is 123 Å². The molecule has 0 bridgehead atoms. The van der Waals surface area contributed by atoms with Crippen LogP contribution in [0.15, 0.2) is 0 Å². The molecule has 1 saturated carbocycles. The highest BCUT2D eigenvalue weighted by molar-refractivity contribution is 5.66. The Morgan fingerprint density at radius 1 is 1.00 bits per heavy atom. The fourth-order valence-corrected chi connectivity index (χ4v) is 3.67. The van der Waals surface area contributed by atoms with Crippen LogP contribution in [0.2, 0.25) is 0 Å². The SMILES string of the molecule is CC(C)(C)C1CC(CCC(=O)O)CC(C(C)(C)C)C1O. The standard InChI is InChI=1S/C17H32O3/c1-16(2,3)12-9-11(7-8-14(18)19)10-13(15(12)20)17(4,5)6/h11-13,15,20H,7-10H2,1-6H3,(H,18,19). The molecule has 0 amide bonds. The molecule has 0 aromatic heterocycles. The van der Waals surface area contributed by atoms with Crippen LogP contribution in [0.25, 0.3) is 0 Å². The highest BCUT2D eigenvalue weighted by Gasteiger charge is 2.45. The zero-order valence-electron chi connectivity index (χ0n) is 13.9. The molecule has 1 fully saturated rings. The quantitative estimate of drug-likeness (QED) is 0.825. The number of aliphatic carboxylic acids is 1. The van der Waals surface area contributed by atoms with Gasteiger partial charge >= 0.3 is 5.97 Å². The summed E-state index contributed by atoms with van der Waals surface area (Å²) in [5.41, 5.74) is 0.121. The van der Waals surface area contributed by atoms with Gasteiger partial charge < -0.3 is 10.2 Å². The van der Waals surface area contributed by atoms with Crippen molar-refractivity contribution >= 4 is 5.97 Å². The van der Waals surface area contributed by atoms with E-state index in [2.05, 4.69) is 41.5 Å². The molecule has 0 radical (unpaired) electrons. The molecule has 1 aliphatic rings. The molecule has 20 heavy (non-hydrogen) atoms. The molecule has 0 aliphatic heterocycles. The number of aliphatic hydroxyl groups is 1. The van der Waals surface area contributed by atoms with E-state index in [4.69, 9.17) is 5.11 Å². The van der Waals surface area contributed by atoms with E-state index in [0.29, 0.717) is 5.92 Å². The molecule has 118 valence electrons. The van der Waals surface area contributed by atoms with E-state index >= 15 is 0 Å². The lowest BCUT2D eigenvalue weighted by Crippen LogP contribution is -2.47. The van der Waals surface area contributed by atoms with Crippen molar-refractivity contribution in [3.8, 4) is 0 Å². The number of carboxylic acids is 1. The van der Waals surface area contributed by atoms with Gasteiger partial charge in [0.05, 0.1) is 6.10 Å². The summed E-state index contributed by atoms with van der Waals surface area (Å²) in [7, 11) is 0. The van der Waals surface area contributed by atoms with Crippen molar-refractivity contribution in [1.82, 2.24) is 0 Å². The monoisotopic (exact) mass is 284 g/mol. The van der Waals surface area contributed by atoms with Gasteiger partial charge in [-0.3, -0.25) is 4.79 Å². The minimum atomic E-state index is -0.712. The molecule has 0 aromatic rings. The summed E-state index contributed by atoms with van der Waals surface area (Å²) in [5, 5.41) is 19.7. The van der Waals surface area contributed by atoms with Gasteiger partial charge in [-0.05, 0) is 47.8 Å². The van der Waals surface area contributed by atoms with Gasteiger partial charge in [-0.2, -0.15) is 0 Å². The molecule has 1 rings (SSSR count). The van der Waals surface area contributed by atoms with Crippen molar-refractivity contribution < 1.29 is 15.0 Å². The average molecular weight is 284 g/mol. The third kappa shape index (κ3) is 4.47. The zero-order valence-corrected chi connectivity index (χ0v) is 13.9. The smallest absolute Gasteiger partial charge is 0.303 e. The summed E-state index contributed by atoms with van der Waals surface area (Å²) in [6, 6.07) is 0. The highest BCUT2D eigenvalue weighted by atomic mass is 16.4. The van der Waals surface area contributed by atoms with Crippen LogP contribution >= 0.6 is 0 Å². The highest BCUT2D eigenvalue weighted by Crippen LogP contribution is 2.49. The third-order valence-electron chi connectivity index (χ3n) is 4.99. The molecule has 0 spiro atoms. The number of aliphatic hydroxyl groups excluding tert-OH is 1. The van der Waals surface area contributed by atoms with Gasteiger partial charge in [0.25, 0.3) is 0 Å². The Kier molecular flexibility index (Phi) is 5.29. The first-order valence-corrected chi connectivity index (χ1v) is 7.82. The van der Waals surface area contributed by atoms with Gasteiger partial charge in [0.1, 0.15) is 0 Å². The Morgan fingerprint density at radius 2 is 1.40 bits per heavy atom. The van der Waals surface area contributed by atoms with Crippen LogP contribution in [0, 0.1) is 28.6 Å². The Morgan fingerprint density at radius 3 is 1.70 bits per heavy atom. The van der Waals surface area contributed by atoms with Gasteiger partial charge in [-0.15, -0.1) is 0 Å². The van der Waals surface area contributed by atoms with E-state index < -0.39 is 5.97 Å². The maximum Gasteiger partial charge on any atom is 0.303 e. The van der Waals surface area contributed by atoms with Gasteiger partial charge in [0.2, 0.25) is 0 Å². The minimum absolute atomic E-state index is 0.0603. The van der Waals surface area contributed by atoms with Crippen LogP contribution in [0.3, 0.4) is 0 Å². The van der Waals surface area contributed by atoms with Crippen molar-refractivity contribution in [2.24, 2.45) is 28.6 Å². The summed E-state index contributed by atoms with van der Waals surface area (Å²) in [5.74, 6) is 0.206. The molecule has 2 atom stereocenters. The predicted octanol–water partition coefficient (Wildman–Crippen LogP) is 3.95. The first-order valence-electron chi connectivity index (χ1n) is 7.82. The molecule has 3 nitrogen and oxygen atoms in total. The van der Waals surface area contributed by atoms with Crippen LogP contribution < -0.4 is 0 Å². The fraction of sp³-hybridized carbons (Fsp3) is 0.941. The summed E-state index contributed by atoms with van der Waals surface area (Å²) >= 11 is 0. The van der Waals surface area contributed by atoms with E-state index in [0.717, 1.165) is 19.3 Å². The molecule has 2 N–H and O–H groups in total. The minimum Gasteiger partial charge on any atom is -0.481 e. The number of carbonyl (C=O) groups is 1. The normalized spacial score (nSPS) is 32.1. The lowest BCUT2D eigenvalue weighted by Gasteiger charge is -2.49. The molecule has 0 aromatic carbocycles. The Hall–Kier alpha value is -0.570. The summed E-state index contributed by atoms with van der Waals surface area (Å²) in [6.07, 6.45) is 2.60. The summed E-state index contributed by atoms with van der Waals surface area (Å²) < 4.78 is 0. The molecule has 3 heteroatoms. The second kappa shape index (κ2) is 6.05. The number of hydrogen-bond donors (Lipinski definition) is 2. The second-order valence-corrected chi connectivity index (χ2v) is 8.71. The van der Waals surface area contributed by atoms with E-state index in [9.17, 15) is 9.90 Å². The molecule has 2 unspecified atom stereocenters. The van der Waals surface area contributed by atoms with E-state index in [1.807, 2.05) is 0 Å². The van der Waals surface area contributed by atoms with E-state index in [-0.39, 0.29) is 35.2 Å². The zero-order chi connectivity index (χ0) is 15.7. The maximum atomic E-state index is 10.8. The maximum absolute atomic E-state index is 10.8. The van der Waals surface area contributed by atoms with Crippen LogP contribution in [0.4, 0.5) is 0 Å². The van der Waals surface area contributed by atoms with Crippen molar-refractivity contribution in [3.05, 3.63) is 0 Å². The fourth-order valence-electron chi connectivity index (χ4n) is 3.67. The second-order valence-electron chi connectivity index (χ2n) is 8.71. The van der Waals surface area contributed by atoms with Gasteiger partial charge in [-0.1, -0.05) is 41.5 Å². The van der Waals surface area contributed by atoms with Gasteiger partial charge in [0.15, 0.2) is 0 Å². The molecule has 0 heterocycles. The first kappa shape index (κ1) is 17.5. The molecular formula is C17H32O3. The van der Waals surface area contributed by atoms with Crippen molar-refractivity contribution in [2.75, 3.05) is 0 Å². The lowest BCUT2D eigenvalue weighted by molar-refractivity contribution is -0.137. The van der Waals surface area contributed by atoms with Gasteiger partial charge in [0, 0.05) is 6.42 Å². The van der Waals surface area contributed by atoms with Crippen LogP contribution in [0.1, 0.15) is 67.2 Å². The van der Waals surface area contributed by atoms with Gasteiger partial charge in [-0.25, -0.2) is 0 Å². The van der Waals surface area contributed by atoms with Crippen molar-refractivity contribution in [2.45, 2.75) is 73.3 Å². The predicted molar refractivity (Wildman–Crippen MR) is 81.5 cm³/mol. The number of rotatable bonds is 3. The Bertz CT molecular complexity index is 311. The average Bonchev–Trinajstić information content (AvgIpc) is 2.24.